The Morgan fingerprint density at radius 3 is 2.30 bits per heavy atom. The minimum atomic E-state index is -0.961. The third-order valence-corrected chi connectivity index (χ3v) is 8.65. The summed E-state index contributed by atoms with van der Waals surface area (Å²) in [6.45, 7) is 9.51. The predicted octanol–water partition coefficient (Wildman–Crippen LogP) is 2.78. The number of carbonyl (C=O) groups is 1. The lowest BCUT2D eigenvalue weighted by atomic mass is 9.64. The lowest BCUT2D eigenvalue weighted by Crippen LogP contribution is -2.53. The molecule has 3 fully saturated rings. The number of aliphatic hydroxyl groups is 2. The quantitative estimate of drug-likeness (QED) is 0.837. The van der Waals surface area contributed by atoms with Crippen LogP contribution in [0.25, 0.3) is 0 Å². The van der Waals surface area contributed by atoms with Gasteiger partial charge < -0.3 is 15.1 Å². The number of piperidine rings is 1. The smallest absolute Gasteiger partial charge is 0.229 e. The van der Waals surface area contributed by atoms with E-state index in [1.165, 1.54) is 0 Å². The second-order valence-electron chi connectivity index (χ2n) is 9.89. The van der Waals surface area contributed by atoms with Crippen molar-refractivity contribution in [3.63, 3.8) is 0 Å². The van der Waals surface area contributed by atoms with Crippen molar-refractivity contribution in [1.29, 1.82) is 0 Å². The zero-order chi connectivity index (χ0) is 19.7. The summed E-state index contributed by atoms with van der Waals surface area (Å²) in [4.78, 5) is 19.9. The Balaban J connectivity index is 1.52. The average Bonchev–Trinajstić information content (AvgIpc) is 2.92. The SMILES string of the molecule is Cc1ccc(C2(O)CCN(C(=O)[C@]34CC[C@](C)([C@@H](O)C3)C4(C)C)CC2)nc1. The molecule has 0 spiro atoms. The van der Waals surface area contributed by atoms with Crippen molar-refractivity contribution in [2.75, 3.05) is 13.1 Å². The highest BCUT2D eigenvalue weighted by molar-refractivity contribution is 5.85. The first-order valence-electron chi connectivity index (χ1n) is 10.2. The van der Waals surface area contributed by atoms with Crippen LogP contribution in [0.15, 0.2) is 18.3 Å². The number of rotatable bonds is 2. The maximum absolute atomic E-state index is 13.6. The van der Waals surface area contributed by atoms with E-state index in [0.29, 0.717) is 38.0 Å². The van der Waals surface area contributed by atoms with Crippen LogP contribution in [0.4, 0.5) is 0 Å². The first-order valence-corrected chi connectivity index (χ1v) is 10.2. The molecule has 5 heteroatoms. The molecule has 3 aliphatic rings. The number of hydrogen-bond donors (Lipinski definition) is 2. The minimum absolute atomic E-state index is 0.173. The Kier molecular flexibility index (Phi) is 4.04. The van der Waals surface area contributed by atoms with Gasteiger partial charge in [0.2, 0.25) is 5.91 Å². The Morgan fingerprint density at radius 2 is 1.81 bits per heavy atom. The van der Waals surface area contributed by atoms with Gasteiger partial charge in [-0.2, -0.15) is 0 Å². The zero-order valence-electron chi connectivity index (χ0n) is 17.0. The summed E-state index contributed by atoms with van der Waals surface area (Å²) in [5, 5.41) is 21.7. The predicted molar refractivity (Wildman–Crippen MR) is 103 cm³/mol. The molecular weight excluding hydrogens is 340 g/mol. The molecule has 1 amide bonds. The van der Waals surface area contributed by atoms with E-state index in [9.17, 15) is 15.0 Å². The standard InChI is InChI=1S/C22H32N2O3/c1-15-5-6-16(23-14-15)22(27)9-11-24(12-10-22)18(26)21-8-7-20(4,17(25)13-21)19(21,2)3/h5-6,14,17,25,27H,7-13H2,1-4H3/t17-,20+,21-/m0/s1. The summed E-state index contributed by atoms with van der Waals surface area (Å²) in [5.74, 6) is 0.173. The molecule has 27 heavy (non-hydrogen) atoms. The van der Waals surface area contributed by atoms with Crippen LogP contribution in [0.5, 0.6) is 0 Å². The first-order chi connectivity index (χ1) is 12.6. The van der Waals surface area contributed by atoms with Gasteiger partial charge in [-0.15, -0.1) is 0 Å². The van der Waals surface area contributed by atoms with Crippen molar-refractivity contribution in [2.45, 2.75) is 71.5 Å². The van der Waals surface area contributed by atoms with Crippen LogP contribution in [0.1, 0.15) is 64.1 Å². The van der Waals surface area contributed by atoms with E-state index in [-0.39, 0.29) is 16.7 Å². The van der Waals surface area contributed by atoms with Gasteiger partial charge in [-0.25, -0.2) is 0 Å². The molecular formula is C22H32N2O3. The van der Waals surface area contributed by atoms with E-state index in [1.807, 2.05) is 24.0 Å². The molecule has 0 unspecified atom stereocenters. The van der Waals surface area contributed by atoms with Crippen molar-refractivity contribution in [3.8, 4) is 0 Å². The summed E-state index contributed by atoms with van der Waals surface area (Å²) >= 11 is 0. The Labute approximate surface area is 161 Å². The van der Waals surface area contributed by atoms with E-state index in [4.69, 9.17) is 0 Å². The third-order valence-electron chi connectivity index (χ3n) is 8.65. The molecule has 2 N–H and O–H groups in total. The average molecular weight is 373 g/mol. The van der Waals surface area contributed by atoms with Crippen molar-refractivity contribution in [1.82, 2.24) is 9.88 Å². The number of aryl methyl sites for hydroxylation is 1. The maximum Gasteiger partial charge on any atom is 0.229 e. The fraction of sp³-hybridized carbons (Fsp3) is 0.727. The van der Waals surface area contributed by atoms with Gasteiger partial charge in [-0.3, -0.25) is 9.78 Å². The molecule has 2 heterocycles. The van der Waals surface area contributed by atoms with Crippen LogP contribution < -0.4 is 0 Å². The van der Waals surface area contributed by atoms with Gasteiger partial charge in [-0.1, -0.05) is 26.8 Å². The van der Waals surface area contributed by atoms with E-state index < -0.39 is 17.1 Å². The van der Waals surface area contributed by atoms with Crippen LogP contribution in [0.3, 0.4) is 0 Å². The Morgan fingerprint density at radius 1 is 1.15 bits per heavy atom. The fourth-order valence-electron chi connectivity index (χ4n) is 5.98. The van der Waals surface area contributed by atoms with Gasteiger partial charge in [0.05, 0.1) is 17.2 Å². The van der Waals surface area contributed by atoms with Gasteiger partial charge >= 0.3 is 0 Å². The molecule has 1 saturated heterocycles. The molecule has 2 aliphatic carbocycles. The second-order valence-corrected chi connectivity index (χ2v) is 9.89. The number of pyridine rings is 1. The number of likely N-dealkylation sites (tertiary alicyclic amines) is 1. The lowest BCUT2D eigenvalue weighted by molar-refractivity contribution is -0.152. The summed E-state index contributed by atoms with van der Waals surface area (Å²) in [6.07, 6.45) is 4.70. The lowest BCUT2D eigenvalue weighted by Gasteiger charge is -2.45. The number of aliphatic hydroxyl groups excluding tert-OH is 1. The van der Waals surface area contributed by atoms with Crippen LogP contribution in [-0.4, -0.2) is 45.2 Å². The number of nitrogens with zero attached hydrogens (tertiary/aromatic N) is 2. The zero-order valence-corrected chi connectivity index (χ0v) is 17.0. The highest BCUT2D eigenvalue weighted by atomic mass is 16.3. The monoisotopic (exact) mass is 372 g/mol. The summed E-state index contributed by atoms with van der Waals surface area (Å²) < 4.78 is 0. The summed E-state index contributed by atoms with van der Waals surface area (Å²) in [6, 6.07) is 3.86. The third kappa shape index (κ3) is 2.37. The van der Waals surface area contributed by atoms with Gasteiger partial charge in [-0.05, 0) is 61.5 Å². The first kappa shape index (κ1) is 18.9. The van der Waals surface area contributed by atoms with Gasteiger partial charge in [0.15, 0.2) is 0 Å². The topological polar surface area (TPSA) is 73.7 Å². The number of fused-ring (bicyclic) bond motifs is 2. The van der Waals surface area contributed by atoms with Gasteiger partial charge in [0, 0.05) is 19.3 Å². The number of hydrogen-bond acceptors (Lipinski definition) is 4. The van der Waals surface area contributed by atoms with Crippen molar-refractivity contribution >= 4 is 5.91 Å². The normalized spacial score (nSPS) is 36.8. The highest BCUT2D eigenvalue weighted by Gasteiger charge is 2.72. The molecule has 0 aromatic carbocycles. The minimum Gasteiger partial charge on any atom is -0.393 e. The maximum atomic E-state index is 13.6. The second kappa shape index (κ2) is 5.77. The van der Waals surface area contributed by atoms with E-state index in [2.05, 4.69) is 25.8 Å². The molecule has 1 aliphatic heterocycles. The van der Waals surface area contributed by atoms with Gasteiger partial charge in [0.1, 0.15) is 5.60 Å². The van der Waals surface area contributed by atoms with Crippen LogP contribution in [-0.2, 0) is 10.4 Å². The van der Waals surface area contributed by atoms with Crippen LogP contribution in [0, 0.1) is 23.2 Å². The van der Waals surface area contributed by atoms with E-state index in [1.54, 1.807) is 6.20 Å². The van der Waals surface area contributed by atoms with Gasteiger partial charge in [0.25, 0.3) is 0 Å². The molecule has 1 aromatic rings. The molecule has 2 saturated carbocycles. The molecule has 2 bridgehead atoms. The molecule has 148 valence electrons. The van der Waals surface area contributed by atoms with E-state index >= 15 is 0 Å². The van der Waals surface area contributed by atoms with Crippen molar-refractivity contribution in [2.24, 2.45) is 16.2 Å². The van der Waals surface area contributed by atoms with Crippen molar-refractivity contribution in [3.05, 3.63) is 29.6 Å². The largest absolute Gasteiger partial charge is 0.393 e. The number of carbonyl (C=O) groups excluding carboxylic acids is 1. The highest BCUT2D eigenvalue weighted by Crippen LogP contribution is 2.72. The summed E-state index contributed by atoms with van der Waals surface area (Å²) in [7, 11) is 0. The number of amides is 1. The summed E-state index contributed by atoms with van der Waals surface area (Å²) in [5.41, 5.74) is -0.0763. The van der Waals surface area contributed by atoms with Crippen molar-refractivity contribution < 1.29 is 15.0 Å². The van der Waals surface area contributed by atoms with Crippen LogP contribution in [0.2, 0.25) is 0 Å². The van der Waals surface area contributed by atoms with Crippen LogP contribution >= 0.6 is 0 Å². The Bertz CT molecular complexity index is 751. The fourth-order valence-corrected chi connectivity index (χ4v) is 5.98. The molecule has 1 aromatic heterocycles. The van der Waals surface area contributed by atoms with E-state index in [0.717, 1.165) is 18.4 Å². The molecule has 3 atom stereocenters. The molecule has 4 rings (SSSR count). The Hall–Kier alpha value is -1.46. The molecule has 5 nitrogen and oxygen atoms in total. The number of aromatic nitrogens is 1. The molecule has 0 radical (unpaired) electrons.